The van der Waals surface area contributed by atoms with E-state index in [1.807, 2.05) is 25.1 Å². The fraction of sp³-hybridized carbons (Fsp3) is 0.417. The number of carbonyl (C=O) groups is 1. The van der Waals surface area contributed by atoms with E-state index in [0.29, 0.717) is 13.0 Å². The van der Waals surface area contributed by atoms with Crippen LogP contribution in [0.4, 0.5) is 0 Å². The van der Waals surface area contributed by atoms with E-state index < -0.39 is 0 Å². The summed E-state index contributed by atoms with van der Waals surface area (Å²) in [6.45, 7) is 2.22. The van der Waals surface area contributed by atoms with Crippen LogP contribution in [0.1, 0.15) is 12.5 Å². The summed E-state index contributed by atoms with van der Waals surface area (Å²) in [6.07, 6.45) is 0.362. The minimum atomic E-state index is -0.108. The van der Waals surface area contributed by atoms with Gasteiger partial charge in [0.05, 0.1) is 7.11 Å². The van der Waals surface area contributed by atoms with Gasteiger partial charge < -0.3 is 10.5 Å². The first-order valence-electron chi connectivity index (χ1n) is 5.13. The van der Waals surface area contributed by atoms with Gasteiger partial charge >= 0.3 is 0 Å². The fourth-order valence-electron chi connectivity index (χ4n) is 1.38. The first kappa shape index (κ1) is 13.2. The first-order valence-corrected chi connectivity index (χ1v) is 5.93. The highest BCUT2D eigenvalue weighted by molar-refractivity contribution is 9.10. The molecule has 0 radical (unpaired) electrons. The van der Waals surface area contributed by atoms with Crippen LogP contribution < -0.4 is 10.5 Å². The van der Waals surface area contributed by atoms with Crippen molar-refractivity contribution >= 4 is 21.7 Å². The Bertz CT molecular complexity index is 379. The lowest BCUT2D eigenvalue weighted by Gasteiger charge is -2.11. The molecule has 0 aliphatic heterocycles. The van der Waals surface area contributed by atoms with Gasteiger partial charge in [-0.15, -0.1) is 0 Å². The first-order chi connectivity index (χ1) is 7.58. The van der Waals surface area contributed by atoms with Gasteiger partial charge in [-0.3, -0.25) is 4.79 Å². The molecule has 1 aromatic carbocycles. The average molecular weight is 286 g/mol. The zero-order chi connectivity index (χ0) is 12.1. The van der Waals surface area contributed by atoms with Crippen LogP contribution in [0.25, 0.3) is 0 Å². The topological polar surface area (TPSA) is 52.3 Å². The molecule has 1 atom stereocenters. The van der Waals surface area contributed by atoms with Crippen LogP contribution in [0.5, 0.6) is 5.75 Å². The van der Waals surface area contributed by atoms with Gasteiger partial charge in [0.15, 0.2) is 0 Å². The van der Waals surface area contributed by atoms with Crippen molar-refractivity contribution in [3.05, 3.63) is 28.2 Å². The molecule has 0 aliphatic rings. The predicted octanol–water partition coefficient (Wildman–Crippen LogP) is 2.16. The number of ether oxygens (including phenoxy) is 1. The second-order valence-electron chi connectivity index (χ2n) is 3.74. The van der Waals surface area contributed by atoms with Gasteiger partial charge in [-0.2, -0.15) is 0 Å². The standard InChI is InChI=1S/C12H16BrNO2/c1-8(7-14)11(15)6-9-5-10(13)3-4-12(9)16-2/h3-5,8H,6-7,14H2,1-2H3. The molecule has 1 aromatic rings. The molecule has 0 aliphatic carbocycles. The van der Waals surface area contributed by atoms with E-state index in [1.54, 1.807) is 7.11 Å². The Balaban J connectivity index is 2.87. The van der Waals surface area contributed by atoms with Crippen molar-refractivity contribution in [1.29, 1.82) is 0 Å². The number of methoxy groups -OCH3 is 1. The van der Waals surface area contributed by atoms with E-state index in [0.717, 1.165) is 15.8 Å². The Hall–Kier alpha value is -0.870. The largest absolute Gasteiger partial charge is 0.496 e. The maximum atomic E-state index is 11.8. The summed E-state index contributed by atoms with van der Waals surface area (Å²) in [7, 11) is 1.60. The molecule has 0 saturated carbocycles. The molecule has 0 fully saturated rings. The highest BCUT2D eigenvalue weighted by atomic mass is 79.9. The van der Waals surface area contributed by atoms with E-state index in [9.17, 15) is 4.79 Å². The number of rotatable bonds is 5. The number of hydrogen-bond acceptors (Lipinski definition) is 3. The number of hydrogen-bond donors (Lipinski definition) is 1. The number of Topliss-reactive ketones (excluding diaryl/α,β-unsaturated/α-hetero) is 1. The van der Waals surface area contributed by atoms with Crippen molar-refractivity contribution < 1.29 is 9.53 Å². The van der Waals surface area contributed by atoms with Gasteiger partial charge in [-0.1, -0.05) is 22.9 Å². The smallest absolute Gasteiger partial charge is 0.141 e. The molecule has 0 saturated heterocycles. The fourth-order valence-corrected chi connectivity index (χ4v) is 1.79. The monoisotopic (exact) mass is 285 g/mol. The minimum absolute atomic E-state index is 0.108. The van der Waals surface area contributed by atoms with Gasteiger partial charge in [0.2, 0.25) is 0 Å². The third-order valence-corrected chi connectivity index (χ3v) is 3.00. The molecule has 1 unspecified atom stereocenters. The van der Waals surface area contributed by atoms with E-state index in [-0.39, 0.29) is 11.7 Å². The molecule has 0 amide bonds. The highest BCUT2D eigenvalue weighted by Crippen LogP contribution is 2.24. The lowest BCUT2D eigenvalue weighted by atomic mass is 9.99. The lowest BCUT2D eigenvalue weighted by molar-refractivity contribution is -0.121. The maximum absolute atomic E-state index is 11.8. The maximum Gasteiger partial charge on any atom is 0.141 e. The predicted molar refractivity (Wildman–Crippen MR) is 67.6 cm³/mol. The molecule has 0 aromatic heterocycles. The van der Waals surface area contributed by atoms with Crippen molar-refractivity contribution in [2.45, 2.75) is 13.3 Å². The summed E-state index contributed by atoms with van der Waals surface area (Å²) in [6, 6.07) is 5.64. The number of halogens is 1. The summed E-state index contributed by atoms with van der Waals surface area (Å²) in [5.41, 5.74) is 6.36. The van der Waals surface area contributed by atoms with Crippen LogP contribution in [0.2, 0.25) is 0 Å². The normalized spacial score (nSPS) is 12.2. The number of ketones is 1. The quantitative estimate of drug-likeness (QED) is 0.902. The van der Waals surface area contributed by atoms with Crippen LogP contribution in [-0.2, 0) is 11.2 Å². The highest BCUT2D eigenvalue weighted by Gasteiger charge is 2.14. The molecule has 16 heavy (non-hydrogen) atoms. The molecular formula is C12H16BrNO2. The van der Waals surface area contributed by atoms with Crippen LogP contribution in [0, 0.1) is 5.92 Å². The SMILES string of the molecule is COc1ccc(Br)cc1CC(=O)C(C)CN. The van der Waals surface area contributed by atoms with E-state index in [4.69, 9.17) is 10.5 Å². The molecule has 1 rings (SSSR count). The number of carbonyl (C=O) groups excluding carboxylic acids is 1. The lowest BCUT2D eigenvalue weighted by Crippen LogP contribution is -2.22. The molecule has 4 heteroatoms. The van der Waals surface area contributed by atoms with Gasteiger partial charge in [0, 0.05) is 28.9 Å². The Morgan fingerprint density at radius 2 is 2.25 bits per heavy atom. The zero-order valence-electron chi connectivity index (χ0n) is 9.50. The minimum Gasteiger partial charge on any atom is -0.496 e. The van der Waals surface area contributed by atoms with E-state index >= 15 is 0 Å². The molecule has 0 bridgehead atoms. The van der Waals surface area contributed by atoms with Crippen molar-refractivity contribution in [1.82, 2.24) is 0 Å². The third kappa shape index (κ3) is 3.32. The molecule has 0 heterocycles. The van der Waals surface area contributed by atoms with Crippen LogP contribution in [0.3, 0.4) is 0 Å². The number of benzene rings is 1. The summed E-state index contributed by atoms with van der Waals surface area (Å²) in [4.78, 5) is 11.8. The zero-order valence-corrected chi connectivity index (χ0v) is 11.1. The second-order valence-corrected chi connectivity index (χ2v) is 4.65. The number of nitrogens with two attached hydrogens (primary N) is 1. The molecule has 88 valence electrons. The van der Waals surface area contributed by atoms with Crippen LogP contribution in [-0.4, -0.2) is 19.4 Å². The summed E-state index contributed by atoms with van der Waals surface area (Å²) in [5, 5.41) is 0. The van der Waals surface area contributed by atoms with Crippen LogP contribution >= 0.6 is 15.9 Å². The van der Waals surface area contributed by atoms with E-state index in [2.05, 4.69) is 15.9 Å². The Kier molecular flexibility index (Phi) is 4.96. The van der Waals surface area contributed by atoms with Crippen LogP contribution in [0.15, 0.2) is 22.7 Å². The summed E-state index contributed by atoms with van der Waals surface area (Å²) >= 11 is 3.38. The molecular weight excluding hydrogens is 270 g/mol. The molecule has 3 nitrogen and oxygen atoms in total. The molecule has 2 N–H and O–H groups in total. The van der Waals surface area contributed by atoms with E-state index in [1.165, 1.54) is 0 Å². The van der Waals surface area contributed by atoms with Gasteiger partial charge in [0.25, 0.3) is 0 Å². The van der Waals surface area contributed by atoms with Gasteiger partial charge in [0.1, 0.15) is 11.5 Å². The summed E-state index contributed by atoms with van der Waals surface area (Å²) in [5.74, 6) is 0.767. The van der Waals surface area contributed by atoms with Crippen molar-refractivity contribution in [3.63, 3.8) is 0 Å². The van der Waals surface area contributed by atoms with Gasteiger partial charge in [-0.05, 0) is 18.2 Å². The Labute approximate surface area is 104 Å². The van der Waals surface area contributed by atoms with Crippen molar-refractivity contribution in [2.75, 3.05) is 13.7 Å². The van der Waals surface area contributed by atoms with Crippen molar-refractivity contribution in [3.8, 4) is 5.75 Å². The van der Waals surface area contributed by atoms with Crippen molar-refractivity contribution in [2.24, 2.45) is 11.7 Å². The average Bonchev–Trinajstić information content (AvgIpc) is 2.28. The molecule has 0 spiro atoms. The Morgan fingerprint density at radius 1 is 1.56 bits per heavy atom. The van der Waals surface area contributed by atoms with Gasteiger partial charge in [-0.25, -0.2) is 0 Å². The summed E-state index contributed by atoms with van der Waals surface area (Å²) < 4.78 is 6.15. The Morgan fingerprint density at radius 3 is 2.81 bits per heavy atom. The second kappa shape index (κ2) is 6.01. The third-order valence-electron chi connectivity index (χ3n) is 2.51.